The zero-order chi connectivity index (χ0) is 19.4. The molecule has 0 radical (unpaired) electrons. The number of hydrogen-bond donors (Lipinski definition) is 2. The lowest BCUT2D eigenvalue weighted by Gasteiger charge is -2.36. The van der Waals surface area contributed by atoms with Gasteiger partial charge in [0.2, 0.25) is 0 Å². The standard InChI is InChI=1S/C21H26FN3O2/c1-15(23-14-16-3-5-17(6-4-16)21(26)27)19-13-18(22)7-8-20(19)25-11-9-24(2)10-12-25/h3-8,13,15,23H,9-12,14H2,1-2H3,(H,26,27). The van der Waals surface area contributed by atoms with Gasteiger partial charge in [-0.25, -0.2) is 9.18 Å². The van der Waals surface area contributed by atoms with Gasteiger partial charge < -0.3 is 20.2 Å². The number of carboxylic acid groups (broad SMARTS) is 1. The Kier molecular flexibility index (Phi) is 6.08. The van der Waals surface area contributed by atoms with Gasteiger partial charge in [0.1, 0.15) is 5.82 Å². The van der Waals surface area contributed by atoms with Crippen molar-refractivity contribution in [1.29, 1.82) is 0 Å². The van der Waals surface area contributed by atoms with Crippen LogP contribution >= 0.6 is 0 Å². The third kappa shape index (κ3) is 4.84. The number of aromatic carboxylic acids is 1. The van der Waals surface area contributed by atoms with E-state index in [0.717, 1.165) is 43.0 Å². The highest BCUT2D eigenvalue weighted by Crippen LogP contribution is 2.28. The third-order valence-electron chi connectivity index (χ3n) is 5.11. The molecule has 2 N–H and O–H groups in total. The molecule has 1 heterocycles. The van der Waals surface area contributed by atoms with Gasteiger partial charge in [-0.2, -0.15) is 0 Å². The summed E-state index contributed by atoms with van der Waals surface area (Å²) in [5.74, 6) is -1.17. The van der Waals surface area contributed by atoms with Crippen LogP contribution in [0.1, 0.15) is 34.5 Å². The van der Waals surface area contributed by atoms with Gasteiger partial charge >= 0.3 is 5.97 Å². The first-order valence-corrected chi connectivity index (χ1v) is 9.22. The largest absolute Gasteiger partial charge is 0.478 e. The smallest absolute Gasteiger partial charge is 0.335 e. The van der Waals surface area contributed by atoms with E-state index >= 15 is 0 Å². The molecule has 1 unspecified atom stereocenters. The van der Waals surface area contributed by atoms with E-state index in [9.17, 15) is 9.18 Å². The summed E-state index contributed by atoms with van der Waals surface area (Å²) in [6.07, 6.45) is 0. The van der Waals surface area contributed by atoms with Gasteiger partial charge in [0, 0.05) is 44.5 Å². The molecule has 27 heavy (non-hydrogen) atoms. The molecule has 3 rings (SSSR count). The maximum atomic E-state index is 13.9. The molecule has 0 spiro atoms. The van der Waals surface area contributed by atoms with E-state index in [4.69, 9.17) is 5.11 Å². The molecule has 1 saturated heterocycles. The van der Waals surface area contributed by atoms with E-state index < -0.39 is 5.97 Å². The van der Waals surface area contributed by atoms with E-state index in [0.29, 0.717) is 6.54 Å². The summed E-state index contributed by atoms with van der Waals surface area (Å²) < 4.78 is 13.9. The van der Waals surface area contributed by atoms with E-state index in [1.165, 1.54) is 6.07 Å². The van der Waals surface area contributed by atoms with Crippen molar-refractivity contribution in [1.82, 2.24) is 10.2 Å². The number of nitrogens with zero attached hydrogens (tertiary/aromatic N) is 2. The van der Waals surface area contributed by atoms with Crippen LogP contribution < -0.4 is 10.2 Å². The fourth-order valence-electron chi connectivity index (χ4n) is 3.35. The Balaban J connectivity index is 1.71. The minimum atomic E-state index is -0.931. The van der Waals surface area contributed by atoms with Gasteiger partial charge in [-0.15, -0.1) is 0 Å². The van der Waals surface area contributed by atoms with Crippen LogP contribution in [0.2, 0.25) is 0 Å². The topological polar surface area (TPSA) is 55.8 Å². The van der Waals surface area contributed by atoms with Crippen LogP contribution in [-0.2, 0) is 6.54 Å². The van der Waals surface area contributed by atoms with Crippen molar-refractivity contribution >= 4 is 11.7 Å². The normalized spacial score (nSPS) is 16.3. The highest BCUT2D eigenvalue weighted by atomic mass is 19.1. The molecule has 0 aromatic heterocycles. The minimum absolute atomic E-state index is 0.0329. The minimum Gasteiger partial charge on any atom is -0.478 e. The van der Waals surface area contributed by atoms with Crippen molar-refractivity contribution < 1.29 is 14.3 Å². The summed E-state index contributed by atoms with van der Waals surface area (Å²) in [4.78, 5) is 15.6. The Morgan fingerprint density at radius 1 is 1.15 bits per heavy atom. The second kappa shape index (κ2) is 8.50. The highest BCUT2D eigenvalue weighted by Gasteiger charge is 2.20. The Hall–Kier alpha value is -2.44. The summed E-state index contributed by atoms with van der Waals surface area (Å²) in [6, 6.07) is 11.8. The number of anilines is 1. The van der Waals surface area contributed by atoms with Gasteiger partial charge in [-0.3, -0.25) is 0 Å². The second-order valence-corrected chi connectivity index (χ2v) is 7.10. The van der Waals surface area contributed by atoms with Crippen LogP contribution in [0.25, 0.3) is 0 Å². The average Bonchev–Trinajstić information content (AvgIpc) is 2.67. The molecule has 0 aliphatic carbocycles. The Bertz CT molecular complexity index is 787. The predicted molar refractivity (Wildman–Crippen MR) is 105 cm³/mol. The molecule has 2 aromatic carbocycles. The molecule has 0 amide bonds. The number of carboxylic acids is 1. The number of nitrogens with one attached hydrogen (secondary N) is 1. The van der Waals surface area contributed by atoms with Crippen LogP contribution in [-0.4, -0.2) is 49.2 Å². The third-order valence-corrected chi connectivity index (χ3v) is 5.11. The SMILES string of the molecule is CC(NCc1ccc(C(=O)O)cc1)c1cc(F)ccc1N1CCN(C)CC1. The monoisotopic (exact) mass is 371 g/mol. The summed E-state index contributed by atoms with van der Waals surface area (Å²) in [5.41, 5.74) is 3.28. The van der Waals surface area contributed by atoms with Gasteiger partial charge in [0.05, 0.1) is 5.56 Å². The van der Waals surface area contributed by atoms with Crippen molar-refractivity contribution in [3.8, 4) is 0 Å². The molecule has 1 fully saturated rings. The molecule has 1 atom stereocenters. The lowest BCUT2D eigenvalue weighted by molar-refractivity contribution is 0.0697. The van der Waals surface area contributed by atoms with Crippen molar-refractivity contribution in [2.75, 3.05) is 38.1 Å². The summed E-state index contributed by atoms with van der Waals surface area (Å²) >= 11 is 0. The lowest BCUT2D eigenvalue weighted by atomic mass is 10.0. The van der Waals surface area contributed by atoms with Crippen LogP contribution in [0.4, 0.5) is 10.1 Å². The number of halogens is 1. The predicted octanol–water partition coefficient (Wildman–Crippen LogP) is 3.13. The molecule has 6 heteroatoms. The van der Waals surface area contributed by atoms with E-state index in [1.54, 1.807) is 30.3 Å². The van der Waals surface area contributed by atoms with Gasteiger partial charge in [0.25, 0.3) is 0 Å². The van der Waals surface area contributed by atoms with Gasteiger partial charge in [0.15, 0.2) is 0 Å². The molecule has 5 nitrogen and oxygen atoms in total. The van der Waals surface area contributed by atoms with Gasteiger partial charge in [-0.1, -0.05) is 12.1 Å². The number of rotatable bonds is 6. The first kappa shape index (κ1) is 19.3. The second-order valence-electron chi connectivity index (χ2n) is 7.10. The van der Waals surface area contributed by atoms with Crippen molar-refractivity contribution in [2.24, 2.45) is 0 Å². The van der Waals surface area contributed by atoms with Crippen molar-refractivity contribution in [2.45, 2.75) is 19.5 Å². The zero-order valence-corrected chi connectivity index (χ0v) is 15.8. The number of piperazine rings is 1. The molecule has 0 bridgehead atoms. The summed E-state index contributed by atoms with van der Waals surface area (Å²) in [7, 11) is 2.11. The Labute approximate surface area is 159 Å². The number of hydrogen-bond acceptors (Lipinski definition) is 4. The van der Waals surface area contributed by atoms with Gasteiger partial charge in [-0.05, 0) is 55.4 Å². The van der Waals surface area contributed by atoms with Crippen LogP contribution in [0.15, 0.2) is 42.5 Å². The molecular formula is C21H26FN3O2. The zero-order valence-electron chi connectivity index (χ0n) is 15.8. The Morgan fingerprint density at radius 3 is 2.44 bits per heavy atom. The molecule has 1 aliphatic rings. The molecular weight excluding hydrogens is 345 g/mol. The first-order chi connectivity index (χ1) is 12.9. The molecule has 144 valence electrons. The molecule has 1 aliphatic heterocycles. The first-order valence-electron chi connectivity index (χ1n) is 9.22. The summed E-state index contributed by atoms with van der Waals surface area (Å²) in [6.45, 7) is 6.46. The number of likely N-dealkylation sites (N-methyl/N-ethyl adjacent to an activating group) is 1. The van der Waals surface area contributed by atoms with Crippen molar-refractivity contribution in [3.05, 3.63) is 65.0 Å². The van der Waals surface area contributed by atoms with Crippen LogP contribution in [0.5, 0.6) is 0 Å². The van der Waals surface area contributed by atoms with Crippen LogP contribution in [0, 0.1) is 5.82 Å². The quantitative estimate of drug-likeness (QED) is 0.817. The Morgan fingerprint density at radius 2 is 1.81 bits per heavy atom. The average molecular weight is 371 g/mol. The number of carbonyl (C=O) groups is 1. The fraction of sp³-hybridized carbons (Fsp3) is 0.381. The lowest BCUT2D eigenvalue weighted by Crippen LogP contribution is -2.45. The van der Waals surface area contributed by atoms with Crippen LogP contribution in [0.3, 0.4) is 0 Å². The maximum absolute atomic E-state index is 13.9. The molecule has 2 aromatic rings. The highest BCUT2D eigenvalue weighted by molar-refractivity contribution is 5.87. The maximum Gasteiger partial charge on any atom is 0.335 e. The number of benzene rings is 2. The van der Waals surface area contributed by atoms with E-state index in [2.05, 4.69) is 22.2 Å². The molecule has 0 saturated carbocycles. The fourth-order valence-corrected chi connectivity index (χ4v) is 3.35. The van der Waals surface area contributed by atoms with E-state index in [1.807, 2.05) is 13.0 Å². The van der Waals surface area contributed by atoms with E-state index in [-0.39, 0.29) is 17.4 Å². The summed E-state index contributed by atoms with van der Waals surface area (Å²) in [5, 5.41) is 12.4. The van der Waals surface area contributed by atoms with Crippen molar-refractivity contribution in [3.63, 3.8) is 0 Å².